The van der Waals surface area contributed by atoms with E-state index in [0.29, 0.717) is 0 Å². The van der Waals surface area contributed by atoms with Gasteiger partial charge in [-0.05, 0) is 18.8 Å². The van der Waals surface area contributed by atoms with Gasteiger partial charge < -0.3 is 10.2 Å². The fraction of sp³-hybridized carbons (Fsp3) is 0.875. The van der Waals surface area contributed by atoms with Crippen molar-refractivity contribution in [2.75, 3.05) is 26.2 Å². The van der Waals surface area contributed by atoms with Crippen LogP contribution in [0, 0.1) is 5.92 Å². The summed E-state index contributed by atoms with van der Waals surface area (Å²) < 4.78 is 0. The number of hydrogen-bond acceptors (Lipinski definition) is 2. The monoisotopic (exact) mass is 206 g/mol. The summed E-state index contributed by atoms with van der Waals surface area (Å²) in [6, 6.07) is 0. The molecule has 1 aliphatic carbocycles. The van der Waals surface area contributed by atoms with Crippen molar-refractivity contribution in [2.24, 2.45) is 5.92 Å². The zero-order valence-corrected chi connectivity index (χ0v) is 8.72. The third-order valence-electron chi connectivity index (χ3n) is 2.36. The Morgan fingerprint density at radius 3 is 2.83 bits per heavy atom. The van der Waals surface area contributed by atoms with Crippen LogP contribution in [0.25, 0.3) is 0 Å². The molecule has 1 saturated carbocycles. The lowest BCUT2D eigenvalue weighted by atomic mass is 10.3. The number of nitrogens with one attached hydrogen (secondary N) is 1. The van der Waals surface area contributed by atoms with E-state index in [1.807, 2.05) is 0 Å². The Labute approximate surface area is 85.1 Å². The predicted molar refractivity (Wildman–Crippen MR) is 57.0 cm³/mol. The Balaban J connectivity index is 0.000000720. The molecule has 1 N–H and O–H groups in total. The standard InChI is InChI=1S/C8H14N2S.ClH/c11-8-5-9-3-4-10(8)6-7-1-2-7;/h7,9H,1-6H2;1H. The van der Waals surface area contributed by atoms with Crippen molar-refractivity contribution in [2.45, 2.75) is 12.8 Å². The van der Waals surface area contributed by atoms with Gasteiger partial charge in [-0.3, -0.25) is 0 Å². The second-order valence-corrected chi connectivity index (χ2v) is 3.93. The van der Waals surface area contributed by atoms with Crippen LogP contribution in [0.2, 0.25) is 0 Å². The van der Waals surface area contributed by atoms with E-state index >= 15 is 0 Å². The van der Waals surface area contributed by atoms with Crippen molar-refractivity contribution in [3.05, 3.63) is 0 Å². The number of nitrogens with zero attached hydrogens (tertiary/aromatic N) is 1. The minimum Gasteiger partial charge on any atom is -0.364 e. The van der Waals surface area contributed by atoms with Gasteiger partial charge in [0.1, 0.15) is 0 Å². The average Bonchev–Trinajstić information content (AvgIpc) is 2.78. The summed E-state index contributed by atoms with van der Waals surface area (Å²) in [5.41, 5.74) is 0. The molecule has 1 heterocycles. The molecule has 0 amide bonds. The van der Waals surface area contributed by atoms with E-state index in [9.17, 15) is 0 Å². The number of hydrogen-bond donors (Lipinski definition) is 1. The third-order valence-corrected chi connectivity index (χ3v) is 2.77. The summed E-state index contributed by atoms with van der Waals surface area (Å²) >= 11 is 5.24. The summed E-state index contributed by atoms with van der Waals surface area (Å²) in [6.07, 6.45) is 2.85. The van der Waals surface area contributed by atoms with Gasteiger partial charge in [0, 0.05) is 26.2 Å². The van der Waals surface area contributed by atoms with Crippen LogP contribution in [0.4, 0.5) is 0 Å². The quantitative estimate of drug-likeness (QED) is 0.681. The molecular formula is C8H15ClN2S. The summed E-state index contributed by atoms with van der Waals surface area (Å²) in [6.45, 7) is 4.37. The van der Waals surface area contributed by atoms with Gasteiger partial charge in [0.05, 0.1) is 4.99 Å². The fourth-order valence-corrected chi connectivity index (χ4v) is 1.72. The highest BCUT2D eigenvalue weighted by atomic mass is 35.5. The first-order valence-corrected chi connectivity index (χ1v) is 4.75. The maximum atomic E-state index is 5.24. The van der Waals surface area contributed by atoms with Gasteiger partial charge in [0.15, 0.2) is 0 Å². The van der Waals surface area contributed by atoms with Gasteiger partial charge in [-0.15, -0.1) is 12.4 Å². The van der Waals surface area contributed by atoms with Crippen LogP contribution in [0.1, 0.15) is 12.8 Å². The smallest absolute Gasteiger partial charge is 0.0920 e. The van der Waals surface area contributed by atoms with Crippen molar-refractivity contribution < 1.29 is 0 Å². The molecule has 4 heteroatoms. The van der Waals surface area contributed by atoms with E-state index < -0.39 is 0 Å². The summed E-state index contributed by atoms with van der Waals surface area (Å²) in [5, 5.41) is 3.28. The van der Waals surface area contributed by atoms with Crippen molar-refractivity contribution in [3.63, 3.8) is 0 Å². The summed E-state index contributed by atoms with van der Waals surface area (Å²) in [4.78, 5) is 3.48. The lowest BCUT2D eigenvalue weighted by Crippen LogP contribution is -2.47. The van der Waals surface area contributed by atoms with Gasteiger partial charge in [-0.25, -0.2) is 0 Å². The first kappa shape index (κ1) is 10.2. The van der Waals surface area contributed by atoms with E-state index in [-0.39, 0.29) is 12.4 Å². The van der Waals surface area contributed by atoms with Crippen molar-refractivity contribution in [1.82, 2.24) is 10.2 Å². The molecule has 0 atom stereocenters. The maximum absolute atomic E-state index is 5.24. The number of halogens is 1. The van der Waals surface area contributed by atoms with Crippen molar-refractivity contribution >= 4 is 29.6 Å². The molecule has 0 aromatic carbocycles. The Morgan fingerprint density at radius 2 is 2.25 bits per heavy atom. The second-order valence-electron chi connectivity index (χ2n) is 3.46. The zero-order valence-electron chi connectivity index (χ0n) is 7.08. The molecule has 0 aromatic rings. The van der Waals surface area contributed by atoms with E-state index in [4.69, 9.17) is 12.2 Å². The fourth-order valence-electron chi connectivity index (χ4n) is 1.45. The van der Waals surface area contributed by atoms with Crippen LogP contribution >= 0.6 is 24.6 Å². The molecule has 0 spiro atoms. The maximum Gasteiger partial charge on any atom is 0.0920 e. The van der Waals surface area contributed by atoms with Crippen molar-refractivity contribution in [3.8, 4) is 0 Å². The molecular weight excluding hydrogens is 192 g/mol. The van der Waals surface area contributed by atoms with Crippen LogP contribution in [-0.4, -0.2) is 36.1 Å². The predicted octanol–water partition coefficient (Wildman–Crippen LogP) is 1.05. The number of piperazine rings is 1. The molecule has 1 saturated heterocycles. The van der Waals surface area contributed by atoms with Crippen LogP contribution in [0.3, 0.4) is 0 Å². The second kappa shape index (κ2) is 4.40. The molecule has 12 heavy (non-hydrogen) atoms. The molecule has 0 unspecified atom stereocenters. The van der Waals surface area contributed by atoms with Crippen LogP contribution in [0.15, 0.2) is 0 Å². The van der Waals surface area contributed by atoms with Crippen LogP contribution < -0.4 is 5.32 Å². The van der Waals surface area contributed by atoms with Crippen molar-refractivity contribution in [1.29, 1.82) is 0 Å². The SMILES string of the molecule is Cl.S=C1CNCCN1CC1CC1. The van der Waals surface area contributed by atoms with E-state index in [1.165, 1.54) is 19.4 Å². The Hall–Kier alpha value is 0.140. The molecule has 0 aromatic heterocycles. The molecule has 2 aliphatic rings. The van der Waals surface area contributed by atoms with Gasteiger partial charge in [-0.2, -0.15) is 0 Å². The third kappa shape index (κ3) is 2.57. The Morgan fingerprint density at radius 1 is 1.50 bits per heavy atom. The highest BCUT2D eigenvalue weighted by Gasteiger charge is 2.26. The largest absolute Gasteiger partial charge is 0.364 e. The highest BCUT2D eigenvalue weighted by Crippen LogP contribution is 2.29. The van der Waals surface area contributed by atoms with Gasteiger partial charge in [-0.1, -0.05) is 12.2 Å². The molecule has 2 fully saturated rings. The van der Waals surface area contributed by atoms with Crippen LogP contribution in [-0.2, 0) is 0 Å². The first-order chi connectivity index (χ1) is 5.36. The van der Waals surface area contributed by atoms with Crippen LogP contribution in [0.5, 0.6) is 0 Å². The first-order valence-electron chi connectivity index (χ1n) is 4.35. The van der Waals surface area contributed by atoms with E-state index in [2.05, 4.69) is 10.2 Å². The van der Waals surface area contributed by atoms with E-state index in [0.717, 1.165) is 30.5 Å². The summed E-state index contributed by atoms with van der Waals surface area (Å²) in [7, 11) is 0. The van der Waals surface area contributed by atoms with Gasteiger partial charge >= 0.3 is 0 Å². The lowest BCUT2D eigenvalue weighted by Gasteiger charge is -2.29. The molecule has 0 radical (unpaired) electrons. The summed E-state index contributed by atoms with van der Waals surface area (Å²) in [5.74, 6) is 0.964. The highest BCUT2D eigenvalue weighted by molar-refractivity contribution is 7.80. The number of rotatable bonds is 2. The minimum absolute atomic E-state index is 0. The lowest BCUT2D eigenvalue weighted by molar-refractivity contribution is 0.373. The molecule has 0 bridgehead atoms. The molecule has 1 aliphatic heterocycles. The molecule has 70 valence electrons. The minimum atomic E-state index is 0. The number of thiocarbonyl (C=S) groups is 1. The normalized spacial score (nSPS) is 23.7. The molecule has 2 nitrogen and oxygen atoms in total. The topological polar surface area (TPSA) is 15.3 Å². The Bertz CT molecular complexity index is 170. The zero-order chi connectivity index (χ0) is 7.68. The van der Waals surface area contributed by atoms with Gasteiger partial charge in [0.25, 0.3) is 0 Å². The Kier molecular flexibility index (Phi) is 3.75. The van der Waals surface area contributed by atoms with Gasteiger partial charge in [0.2, 0.25) is 0 Å². The molecule has 2 rings (SSSR count). The average molecular weight is 207 g/mol. The van der Waals surface area contributed by atoms with E-state index in [1.54, 1.807) is 0 Å².